The minimum Gasteiger partial charge on any atom is -0.479 e. The van der Waals surface area contributed by atoms with E-state index in [0.29, 0.717) is 26.9 Å². The lowest BCUT2D eigenvalue weighted by molar-refractivity contribution is -0.387. The van der Waals surface area contributed by atoms with E-state index >= 15 is 0 Å². The average Bonchev–Trinajstić information content (AvgIpc) is 3.15. The van der Waals surface area contributed by atoms with Gasteiger partial charge in [0.15, 0.2) is 6.10 Å². The third-order valence-corrected chi connectivity index (χ3v) is 6.06. The summed E-state index contributed by atoms with van der Waals surface area (Å²) in [4.78, 5) is 25.0. The molecule has 0 radical (unpaired) electrons. The second-order valence-electron chi connectivity index (χ2n) is 7.29. The Kier molecular flexibility index (Phi) is 6.93. The number of para-hydroxylation sites is 3. The first-order valence-corrected chi connectivity index (χ1v) is 11.3. The van der Waals surface area contributed by atoms with E-state index in [1.807, 2.05) is 48.5 Å². The number of nitro benzene ring substituents is 1. The predicted molar refractivity (Wildman–Crippen MR) is 128 cm³/mol. The second-order valence-corrected chi connectivity index (χ2v) is 8.34. The summed E-state index contributed by atoms with van der Waals surface area (Å²) in [6.07, 6.45) is -0.897. The lowest BCUT2D eigenvalue weighted by atomic mass is 10.3. The molecule has 0 spiro atoms. The van der Waals surface area contributed by atoms with Gasteiger partial charge in [-0.05, 0) is 44.2 Å². The van der Waals surface area contributed by atoms with Crippen molar-refractivity contribution in [2.24, 2.45) is 0 Å². The summed E-state index contributed by atoms with van der Waals surface area (Å²) in [6, 6.07) is 24.6. The summed E-state index contributed by atoms with van der Waals surface area (Å²) in [5, 5.41) is 16.1. The van der Waals surface area contributed by atoms with Crippen LogP contribution in [0.5, 0.6) is 11.6 Å². The molecular formula is C25H21N3O5S. The standard InChI is InChI=1S/C25H21N3O5S/c1-17-23(34-22-16-10-9-15-21(22)28(30)31)24(27(26-17)19-11-5-3-6-12-19)33-25(29)18(2)32-20-13-7-4-8-14-20/h3-16,18H,1-2H3/t18-/m0/s1. The Bertz CT molecular complexity index is 1310. The van der Waals surface area contributed by atoms with Gasteiger partial charge in [0.05, 0.1) is 26.1 Å². The molecule has 0 fully saturated rings. The third kappa shape index (κ3) is 5.10. The second kappa shape index (κ2) is 10.2. The van der Waals surface area contributed by atoms with Gasteiger partial charge in [-0.25, -0.2) is 4.79 Å². The Hall–Kier alpha value is -4.11. The molecule has 1 atom stereocenters. The van der Waals surface area contributed by atoms with E-state index in [2.05, 4.69) is 5.10 Å². The number of carbonyl (C=O) groups is 1. The van der Waals surface area contributed by atoms with E-state index < -0.39 is 17.0 Å². The van der Waals surface area contributed by atoms with Crippen molar-refractivity contribution in [1.29, 1.82) is 0 Å². The van der Waals surface area contributed by atoms with Gasteiger partial charge in [-0.3, -0.25) is 10.1 Å². The number of nitrogens with zero attached hydrogens (tertiary/aromatic N) is 3. The van der Waals surface area contributed by atoms with Gasteiger partial charge in [-0.2, -0.15) is 9.78 Å². The Morgan fingerprint density at radius 3 is 2.29 bits per heavy atom. The highest BCUT2D eigenvalue weighted by molar-refractivity contribution is 7.99. The minimum absolute atomic E-state index is 0.0441. The smallest absolute Gasteiger partial charge is 0.353 e. The predicted octanol–water partition coefficient (Wildman–Crippen LogP) is 5.61. The molecule has 0 N–H and O–H groups in total. The molecule has 8 nitrogen and oxygen atoms in total. The molecule has 3 aromatic carbocycles. The van der Waals surface area contributed by atoms with Crippen molar-refractivity contribution in [3.05, 3.63) is 101 Å². The molecule has 0 saturated carbocycles. The van der Waals surface area contributed by atoms with Gasteiger partial charge in [0.2, 0.25) is 5.88 Å². The molecular weight excluding hydrogens is 454 g/mol. The number of ether oxygens (including phenoxy) is 2. The summed E-state index contributed by atoms with van der Waals surface area (Å²) >= 11 is 1.13. The van der Waals surface area contributed by atoms with Crippen molar-refractivity contribution in [2.75, 3.05) is 0 Å². The van der Waals surface area contributed by atoms with Gasteiger partial charge < -0.3 is 9.47 Å². The molecule has 172 valence electrons. The van der Waals surface area contributed by atoms with E-state index in [1.165, 1.54) is 10.7 Å². The first-order chi connectivity index (χ1) is 16.4. The van der Waals surface area contributed by atoms with Crippen LogP contribution in [0.25, 0.3) is 5.69 Å². The molecule has 1 aromatic heterocycles. The number of esters is 1. The van der Waals surface area contributed by atoms with Crippen molar-refractivity contribution < 1.29 is 19.2 Å². The highest BCUT2D eigenvalue weighted by atomic mass is 32.2. The Morgan fingerprint density at radius 1 is 1.00 bits per heavy atom. The van der Waals surface area contributed by atoms with Gasteiger partial charge in [0.25, 0.3) is 5.69 Å². The van der Waals surface area contributed by atoms with Crippen LogP contribution in [0.2, 0.25) is 0 Å². The van der Waals surface area contributed by atoms with Gasteiger partial charge >= 0.3 is 5.97 Å². The van der Waals surface area contributed by atoms with Crippen LogP contribution < -0.4 is 9.47 Å². The molecule has 0 aliphatic rings. The van der Waals surface area contributed by atoms with Gasteiger partial charge in [-0.15, -0.1) is 0 Å². The zero-order chi connectivity index (χ0) is 24.1. The van der Waals surface area contributed by atoms with Crippen LogP contribution >= 0.6 is 11.8 Å². The van der Waals surface area contributed by atoms with Crippen molar-refractivity contribution in [2.45, 2.75) is 29.7 Å². The van der Waals surface area contributed by atoms with Crippen LogP contribution in [0.3, 0.4) is 0 Å². The largest absolute Gasteiger partial charge is 0.479 e. The van der Waals surface area contributed by atoms with Crippen LogP contribution in [0.1, 0.15) is 12.6 Å². The summed E-state index contributed by atoms with van der Waals surface area (Å²) < 4.78 is 13.0. The van der Waals surface area contributed by atoms with Crippen molar-refractivity contribution in [1.82, 2.24) is 9.78 Å². The number of rotatable bonds is 8. The quantitative estimate of drug-likeness (QED) is 0.186. The monoisotopic (exact) mass is 475 g/mol. The molecule has 9 heteroatoms. The fourth-order valence-electron chi connectivity index (χ4n) is 3.18. The number of hydrogen-bond acceptors (Lipinski definition) is 7. The third-order valence-electron chi connectivity index (χ3n) is 4.83. The van der Waals surface area contributed by atoms with E-state index in [4.69, 9.17) is 9.47 Å². The first kappa shape index (κ1) is 23.1. The summed E-state index contributed by atoms with van der Waals surface area (Å²) in [5.74, 6) is 0.0833. The number of nitro groups is 1. The number of carbonyl (C=O) groups excluding carboxylic acids is 1. The van der Waals surface area contributed by atoms with Gasteiger partial charge in [-0.1, -0.05) is 60.3 Å². The lowest BCUT2D eigenvalue weighted by Crippen LogP contribution is -2.29. The van der Waals surface area contributed by atoms with Crippen LogP contribution in [-0.2, 0) is 4.79 Å². The van der Waals surface area contributed by atoms with E-state index in [1.54, 1.807) is 44.2 Å². The zero-order valence-electron chi connectivity index (χ0n) is 18.5. The molecule has 4 rings (SSSR count). The summed E-state index contributed by atoms with van der Waals surface area (Å²) in [7, 11) is 0. The molecule has 0 aliphatic heterocycles. The maximum absolute atomic E-state index is 13.0. The molecule has 1 heterocycles. The zero-order valence-corrected chi connectivity index (χ0v) is 19.3. The van der Waals surface area contributed by atoms with E-state index in [9.17, 15) is 14.9 Å². The fourth-order valence-corrected chi connectivity index (χ4v) is 4.19. The van der Waals surface area contributed by atoms with Crippen LogP contribution in [-0.4, -0.2) is 26.8 Å². The lowest BCUT2D eigenvalue weighted by Gasteiger charge is -2.15. The normalized spacial score (nSPS) is 11.6. The SMILES string of the molecule is Cc1nn(-c2ccccc2)c(OC(=O)[C@H](C)Oc2ccccc2)c1Sc1ccccc1[N+](=O)[O-]. The molecule has 0 bridgehead atoms. The van der Waals surface area contributed by atoms with Crippen LogP contribution in [0.4, 0.5) is 5.69 Å². The molecule has 4 aromatic rings. The number of aromatic nitrogens is 2. The highest BCUT2D eigenvalue weighted by Crippen LogP contribution is 2.42. The number of hydrogen-bond donors (Lipinski definition) is 0. The number of benzene rings is 3. The Morgan fingerprint density at radius 2 is 1.62 bits per heavy atom. The van der Waals surface area contributed by atoms with Gasteiger partial charge in [0.1, 0.15) is 5.75 Å². The fraction of sp³-hybridized carbons (Fsp3) is 0.120. The van der Waals surface area contributed by atoms with Crippen LogP contribution in [0.15, 0.2) is 94.7 Å². The van der Waals surface area contributed by atoms with Crippen molar-refractivity contribution >= 4 is 23.4 Å². The number of aryl methyl sites for hydroxylation is 1. The topological polar surface area (TPSA) is 96.5 Å². The van der Waals surface area contributed by atoms with E-state index in [-0.39, 0.29) is 11.6 Å². The average molecular weight is 476 g/mol. The molecule has 0 saturated heterocycles. The molecule has 0 aliphatic carbocycles. The molecule has 0 amide bonds. The Balaban J connectivity index is 1.71. The minimum atomic E-state index is -0.897. The van der Waals surface area contributed by atoms with Crippen LogP contribution in [0, 0.1) is 17.0 Å². The summed E-state index contributed by atoms with van der Waals surface area (Å²) in [6.45, 7) is 3.36. The maximum Gasteiger partial charge on any atom is 0.353 e. The Labute approximate surface area is 200 Å². The molecule has 34 heavy (non-hydrogen) atoms. The summed E-state index contributed by atoms with van der Waals surface area (Å²) in [5.41, 5.74) is 1.20. The van der Waals surface area contributed by atoms with E-state index in [0.717, 1.165) is 11.8 Å². The first-order valence-electron chi connectivity index (χ1n) is 10.4. The van der Waals surface area contributed by atoms with Crippen molar-refractivity contribution in [3.8, 4) is 17.3 Å². The maximum atomic E-state index is 13.0. The van der Waals surface area contributed by atoms with Gasteiger partial charge in [0, 0.05) is 6.07 Å². The van der Waals surface area contributed by atoms with Crippen molar-refractivity contribution in [3.63, 3.8) is 0 Å². The molecule has 0 unspecified atom stereocenters. The highest BCUT2D eigenvalue weighted by Gasteiger charge is 2.27.